The second-order valence-electron chi connectivity index (χ2n) is 12.4. The van der Waals surface area contributed by atoms with E-state index in [1.807, 2.05) is 21.6 Å². The molecule has 0 spiro atoms. The maximum atomic E-state index is 14.5. The number of unbranched alkanes of at least 4 members (excludes halogenated alkanes) is 2. The molecule has 0 bridgehead atoms. The summed E-state index contributed by atoms with van der Waals surface area (Å²) in [5.41, 5.74) is 3.27. The molecule has 47 heavy (non-hydrogen) atoms. The van der Waals surface area contributed by atoms with Crippen LogP contribution in [0.25, 0.3) is 11.4 Å². The lowest BCUT2D eigenvalue weighted by molar-refractivity contribution is 0.0364. The van der Waals surface area contributed by atoms with Crippen molar-refractivity contribution in [3.05, 3.63) is 76.1 Å². The number of aliphatic hydroxyl groups is 1. The molecule has 3 aromatic rings. The fraction of sp³-hybridized carbons (Fsp3) is 0.500. The largest absolute Gasteiger partial charge is 0.478 e. The molecular weight excluding hydrogens is 598 g/mol. The predicted molar refractivity (Wildman–Crippen MR) is 179 cm³/mol. The number of nitrogens with zero attached hydrogens (tertiary/aromatic N) is 4. The minimum atomic E-state index is -1.14. The minimum absolute atomic E-state index is 0.00942. The molecule has 0 saturated carbocycles. The summed E-state index contributed by atoms with van der Waals surface area (Å²) in [7, 11) is 0. The first-order valence-corrected chi connectivity index (χ1v) is 16.9. The van der Waals surface area contributed by atoms with E-state index in [1.165, 1.54) is 12.1 Å². The number of nitrogens with one attached hydrogen (secondary N) is 1. The maximum absolute atomic E-state index is 14.5. The Morgan fingerprint density at radius 2 is 1.77 bits per heavy atom. The van der Waals surface area contributed by atoms with Crippen LogP contribution >= 0.6 is 0 Å². The molecule has 1 aromatic heterocycles. The van der Waals surface area contributed by atoms with E-state index in [9.17, 15) is 24.6 Å². The molecule has 1 amide bonds. The number of rotatable bonds is 15. The number of carbonyl (C=O) groups excluding carboxylic acids is 2. The Hall–Kier alpha value is -3.90. The van der Waals surface area contributed by atoms with Gasteiger partial charge in [-0.3, -0.25) is 14.5 Å². The van der Waals surface area contributed by atoms with Crippen LogP contribution in [-0.2, 0) is 24.2 Å². The topological polar surface area (TPSA) is 137 Å². The van der Waals surface area contributed by atoms with Gasteiger partial charge in [0, 0.05) is 74.7 Å². The number of hydrogen-bond donors (Lipinski definition) is 3. The van der Waals surface area contributed by atoms with Gasteiger partial charge in [0.25, 0.3) is 5.91 Å². The lowest BCUT2D eigenvalue weighted by Crippen LogP contribution is -2.39. The van der Waals surface area contributed by atoms with Gasteiger partial charge < -0.3 is 29.7 Å². The molecule has 2 aliphatic rings. The maximum Gasteiger partial charge on any atom is 0.335 e. The Morgan fingerprint density at radius 1 is 1.02 bits per heavy atom. The molecule has 3 N–H and O–H groups in total. The molecule has 11 heteroatoms. The number of ketones is 1. The van der Waals surface area contributed by atoms with E-state index in [0.29, 0.717) is 75.0 Å². The first kappa shape index (κ1) is 34.4. The zero-order chi connectivity index (χ0) is 33.3. The van der Waals surface area contributed by atoms with Crippen LogP contribution in [0.15, 0.2) is 42.6 Å². The molecule has 1 fully saturated rings. The summed E-state index contributed by atoms with van der Waals surface area (Å²) < 4.78 is 7.45. The predicted octanol–water partition coefficient (Wildman–Crippen LogP) is 3.86. The van der Waals surface area contributed by atoms with Gasteiger partial charge >= 0.3 is 5.97 Å². The molecule has 252 valence electrons. The third-order valence-electron chi connectivity index (χ3n) is 9.13. The van der Waals surface area contributed by atoms with Crippen molar-refractivity contribution >= 4 is 17.7 Å². The van der Waals surface area contributed by atoms with Gasteiger partial charge in [0.05, 0.1) is 25.4 Å². The number of hydrogen-bond acceptors (Lipinski definition) is 8. The number of fused-ring (bicyclic) bond motifs is 1. The lowest BCUT2D eigenvalue weighted by Gasteiger charge is -2.27. The Labute approximate surface area is 276 Å². The van der Waals surface area contributed by atoms with Gasteiger partial charge in [0.2, 0.25) is 0 Å². The van der Waals surface area contributed by atoms with Crippen LogP contribution in [0.4, 0.5) is 0 Å². The van der Waals surface area contributed by atoms with Crippen molar-refractivity contribution in [2.75, 3.05) is 52.5 Å². The second-order valence-corrected chi connectivity index (χ2v) is 12.4. The molecule has 5 rings (SSSR count). The van der Waals surface area contributed by atoms with E-state index in [2.05, 4.69) is 24.1 Å². The number of morpholine rings is 1. The van der Waals surface area contributed by atoms with Gasteiger partial charge in [-0.25, -0.2) is 9.78 Å². The number of amides is 1. The molecule has 2 aliphatic heterocycles. The summed E-state index contributed by atoms with van der Waals surface area (Å²) in [5.74, 6) is -1.15. The van der Waals surface area contributed by atoms with E-state index in [1.54, 1.807) is 18.3 Å². The lowest BCUT2D eigenvalue weighted by atomic mass is 9.87. The molecule has 1 saturated heterocycles. The van der Waals surface area contributed by atoms with Gasteiger partial charge in [-0.1, -0.05) is 44.9 Å². The third kappa shape index (κ3) is 8.16. The van der Waals surface area contributed by atoms with Crippen LogP contribution in [0.3, 0.4) is 0 Å². The third-order valence-corrected chi connectivity index (χ3v) is 9.13. The molecular formula is C36H47N5O6. The van der Waals surface area contributed by atoms with Gasteiger partial charge in [-0.2, -0.15) is 0 Å². The van der Waals surface area contributed by atoms with Crippen LogP contribution in [0.5, 0.6) is 0 Å². The van der Waals surface area contributed by atoms with E-state index >= 15 is 0 Å². The smallest absolute Gasteiger partial charge is 0.335 e. The molecule has 1 unspecified atom stereocenters. The number of imidazole rings is 1. The number of carboxylic acids is 1. The molecule has 1 atom stereocenters. The Bertz CT molecular complexity index is 1560. The van der Waals surface area contributed by atoms with Crippen LogP contribution in [-0.4, -0.2) is 106 Å². The summed E-state index contributed by atoms with van der Waals surface area (Å²) in [6, 6.07) is 9.90. The van der Waals surface area contributed by atoms with E-state index in [-0.39, 0.29) is 35.5 Å². The van der Waals surface area contributed by atoms with Crippen molar-refractivity contribution in [1.82, 2.24) is 24.7 Å². The van der Waals surface area contributed by atoms with Crippen LogP contribution in [0.1, 0.15) is 87.4 Å². The zero-order valence-electron chi connectivity index (χ0n) is 27.5. The van der Waals surface area contributed by atoms with Gasteiger partial charge in [0.1, 0.15) is 11.5 Å². The minimum Gasteiger partial charge on any atom is -0.478 e. The average Bonchev–Trinajstić information content (AvgIpc) is 3.54. The highest BCUT2D eigenvalue weighted by Crippen LogP contribution is 2.30. The summed E-state index contributed by atoms with van der Waals surface area (Å²) >= 11 is 0. The molecule has 2 aromatic carbocycles. The van der Waals surface area contributed by atoms with Crippen LogP contribution in [0.2, 0.25) is 0 Å². The SMILES string of the molecule is CCCCN(CCCC)C(=O)c1cn(CCN2CCOCC2)c(-c2ccc(C(=O)O)cc2C(=O)c2cccc3c2CC(CO)NC3)n1. The number of carboxylic acid groups (broad SMARTS) is 1. The van der Waals surface area contributed by atoms with Gasteiger partial charge in [0.15, 0.2) is 5.78 Å². The summed E-state index contributed by atoms with van der Waals surface area (Å²) in [5, 5.41) is 23.0. The summed E-state index contributed by atoms with van der Waals surface area (Å²) in [6.07, 6.45) is 5.97. The zero-order valence-corrected chi connectivity index (χ0v) is 27.5. The van der Waals surface area contributed by atoms with E-state index in [4.69, 9.17) is 9.72 Å². The standard InChI is InChI=1S/C36H47N5O6/c1-3-5-12-40(13-6-4-2)35(44)32-23-41(15-14-39-16-18-47-19-17-39)34(38-32)29-11-10-25(36(45)46)20-31(29)33(43)28-9-7-8-26-22-37-27(24-42)21-30(26)28/h7-11,20,23,27,37,42H,3-6,12-19,21-22,24H2,1-2H3,(H,45,46). The first-order chi connectivity index (χ1) is 22.8. The van der Waals surface area contributed by atoms with Gasteiger partial charge in [-0.15, -0.1) is 0 Å². The second kappa shape index (κ2) is 16.3. The number of aromatic nitrogens is 2. The van der Waals surface area contributed by atoms with E-state index in [0.717, 1.165) is 49.9 Å². The van der Waals surface area contributed by atoms with Gasteiger partial charge in [-0.05, 0) is 48.6 Å². The van der Waals surface area contributed by atoms with Crippen LogP contribution < -0.4 is 5.32 Å². The van der Waals surface area contributed by atoms with E-state index < -0.39 is 5.97 Å². The fourth-order valence-electron chi connectivity index (χ4n) is 6.31. The highest BCUT2D eigenvalue weighted by Gasteiger charge is 2.28. The normalized spacial score (nSPS) is 16.5. The Morgan fingerprint density at radius 3 is 2.45 bits per heavy atom. The fourth-order valence-corrected chi connectivity index (χ4v) is 6.31. The summed E-state index contributed by atoms with van der Waals surface area (Å²) in [6.45, 7) is 10.1. The number of benzene rings is 2. The molecule has 0 aliphatic carbocycles. The van der Waals surface area contributed by atoms with Crippen molar-refractivity contribution in [3.8, 4) is 11.4 Å². The molecule has 3 heterocycles. The van der Waals surface area contributed by atoms with Crippen molar-refractivity contribution in [2.45, 2.75) is 65.1 Å². The monoisotopic (exact) mass is 645 g/mol. The summed E-state index contributed by atoms with van der Waals surface area (Å²) in [4.78, 5) is 49.6. The average molecular weight is 646 g/mol. The van der Waals surface area contributed by atoms with Crippen LogP contribution in [0, 0.1) is 0 Å². The first-order valence-electron chi connectivity index (χ1n) is 16.9. The highest BCUT2D eigenvalue weighted by molar-refractivity contribution is 6.14. The number of aromatic carboxylic acids is 1. The molecule has 11 nitrogen and oxygen atoms in total. The Balaban J connectivity index is 1.59. The van der Waals surface area contributed by atoms with Crippen molar-refractivity contribution in [3.63, 3.8) is 0 Å². The molecule has 0 radical (unpaired) electrons. The van der Waals surface area contributed by atoms with Crippen molar-refractivity contribution in [2.24, 2.45) is 0 Å². The quantitative estimate of drug-likeness (QED) is 0.211. The number of ether oxygens (including phenoxy) is 1. The Kier molecular flexibility index (Phi) is 11.9. The number of aliphatic hydroxyl groups excluding tert-OH is 1. The highest BCUT2D eigenvalue weighted by atomic mass is 16.5. The van der Waals surface area contributed by atoms with Crippen molar-refractivity contribution in [1.29, 1.82) is 0 Å². The number of carbonyl (C=O) groups is 3. The van der Waals surface area contributed by atoms with Crippen molar-refractivity contribution < 1.29 is 29.3 Å².